The highest BCUT2D eigenvalue weighted by atomic mass is 32.2. The first-order valence-electron chi connectivity index (χ1n) is 26.3. The van der Waals surface area contributed by atoms with E-state index < -0.39 is 0 Å². The molecular weight excluding hydrogens is 910 g/mol. The summed E-state index contributed by atoms with van der Waals surface area (Å²) in [5.41, 5.74) is 22.2. The summed E-state index contributed by atoms with van der Waals surface area (Å²) in [6, 6.07) is 89.3. The minimum Gasteiger partial charge on any atom is -0.342 e. The lowest BCUT2D eigenvalue weighted by Crippen LogP contribution is -2.60. The number of fused-ring (bicyclic) bond motifs is 4. The van der Waals surface area contributed by atoms with Gasteiger partial charge in [0.1, 0.15) is 0 Å². The molecule has 0 N–H and O–H groups in total. The molecule has 0 saturated heterocycles. The van der Waals surface area contributed by atoms with E-state index in [1.54, 1.807) is 0 Å². The number of hydrogen-bond acceptors (Lipinski definition) is 2. The maximum Gasteiger partial charge on any atom is 0.249 e. The molecule has 3 heteroatoms. The van der Waals surface area contributed by atoms with Crippen LogP contribution in [0.4, 0.5) is 11.4 Å². The zero-order chi connectivity index (χ0) is 49.5. The van der Waals surface area contributed by atoms with E-state index in [1.165, 1.54) is 137 Å². The largest absolute Gasteiger partial charge is 0.342 e. The van der Waals surface area contributed by atoms with E-state index >= 15 is 0 Å². The fourth-order valence-corrected chi connectivity index (χ4v) is 13.7. The smallest absolute Gasteiger partial charge is 0.249 e. The summed E-state index contributed by atoms with van der Waals surface area (Å²) in [7, 11) is 0. The van der Waals surface area contributed by atoms with Crippen LogP contribution in [0, 0.1) is 5.41 Å². The van der Waals surface area contributed by atoms with Crippen molar-refractivity contribution in [1.29, 1.82) is 0 Å². The van der Waals surface area contributed by atoms with E-state index in [1.807, 2.05) is 11.8 Å². The van der Waals surface area contributed by atoms with Gasteiger partial charge in [-0.1, -0.05) is 238 Å². The van der Waals surface area contributed by atoms with Gasteiger partial charge >= 0.3 is 0 Å². The Kier molecular flexibility index (Phi) is 10.7. The normalized spacial score (nSPS) is 12.9. The molecule has 0 bridgehead atoms. The molecule has 0 radical (unpaired) electrons. The average molecular weight is 964 g/mol. The predicted octanol–water partition coefficient (Wildman–Crippen LogP) is 17.2. The third kappa shape index (κ3) is 7.72. The van der Waals surface area contributed by atoms with E-state index in [2.05, 4.69) is 262 Å². The number of anilines is 2. The van der Waals surface area contributed by atoms with Gasteiger partial charge in [-0.3, -0.25) is 0 Å². The molecule has 352 valence electrons. The highest BCUT2D eigenvalue weighted by Gasteiger charge is 2.41. The molecule has 0 amide bonds. The summed E-state index contributed by atoms with van der Waals surface area (Å²) in [4.78, 5) is 5.42. The van der Waals surface area contributed by atoms with Gasteiger partial charge in [-0.05, 0) is 165 Å². The van der Waals surface area contributed by atoms with Gasteiger partial charge in [0.2, 0.25) is 6.71 Å². The summed E-state index contributed by atoms with van der Waals surface area (Å²) >= 11 is 1.97. The Hall–Kier alpha value is -8.11. The minimum atomic E-state index is 0.0412. The summed E-state index contributed by atoms with van der Waals surface area (Å²) in [5.74, 6) is 0. The van der Waals surface area contributed by atoms with Gasteiger partial charge in [0.15, 0.2) is 0 Å². The van der Waals surface area contributed by atoms with Gasteiger partial charge in [0.05, 0.1) is 0 Å². The molecule has 0 fully saturated rings. The second kappa shape index (κ2) is 17.8. The standard InChI is InChI=1S/C71H54BNS/c1-71(2,3)45-46-39-65-70-67(40-46)74-66-36-32-55(57-33-29-53-28-27-51-25-16-26-52-30-34-59(57)69(53)68(51)52)44-63(66)72(70)62-43-54(47-17-8-4-9-18-47)31-35-64(62)73(65)38-37-58-60(49-21-12-6-13-22-49)41-56(48-19-10-5-11-20-48)42-61(58)50-23-14-7-15-24-50/h4-36,39-44H,37-38,45H2,1-3H3. The monoisotopic (exact) mass is 963 g/mol. The van der Waals surface area contributed by atoms with Crippen molar-refractivity contribution in [2.24, 2.45) is 5.41 Å². The van der Waals surface area contributed by atoms with Crippen molar-refractivity contribution in [1.82, 2.24) is 0 Å². The van der Waals surface area contributed by atoms with E-state index in [0.29, 0.717) is 0 Å². The fourth-order valence-electron chi connectivity index (χ4n) is 12.5. The Morgan fingerprint density at radius 3 is 1.62 bits per heavy atom. The van der Waals surface area contributed by atoms with Gasteiger partial charge in [0.25, 0.3) is 0 Å². The van der Waals surface area contributed by atoms with Gasteiger partial charge in [-0.25, -0.2) is 0 Å². The summed E-state index contributed by atoms with van der Waals surface area (Å²) < 4.78 is 0. The van der Waals surface area contributed by atoms with E-state index in [0.717, 1.165) is 19.4 Å². The number of benzene rings is 12. The van der Waals surface area contributed by atoms with Crippen molar-refractivity contribution in [3.63, 3.8) is 0 Å². The maximum absolute atomic E-state index is 2.70. The zero-order valence-electron chi connectivity index (χ0n) is 42.1. The Morgan fingerprint density at radius 2 is 0.973 bits per heavy atom. The van der Waals surface area contributed by atoms with Crippen LogP contribution in [0.15, 0.2) is 246 Å². The molecule has 1 nitrogen and oxygen atoms in total. The predicted molar refractivity (Wildman–Crippen MR) is 319 cm³/mol. The molecule has 0 aliphatic carbocycles. The van der Waals surface area contributed by atoms with E-state index in [4.69, 9.17) is 0 Å². The van der Waals surface area contributed by atoms with Crippen molar-refractivity contribution < 1.29 is 0 Å². The summed E-state index contributed by atoms with van der Waals surface area (Å²) in [6.07, 6.45) is 1.83. The van der Waals surface area contributed by atoms with Crippen molar-refractivity contribution in [3.8, 4) is 55.6 Å². The molecule has 12 aromatic carbocycles. The Morgan fingerprint density at radius 1 is 0.405 bits per heavy atom. The van der Waals surface area contributed by atoms with Crippen molar-refractivity contribution in [3.05, 3.63) is 248 Å². The molecule has 0 atom stereocenters. The van der Waals surface area contributed by atoms with Crippen LogP contribution in [0.2, 0.25) is 0 Å². The molecule has 12 aromatic rings. The second-order valence-corrected chi connectivity index (χ2v) is 22.8. The zero-order valence-corrected chi connectivity index (χ0v) is 42.9. The van der Waals surface area contributed by atoms with Crippen LogP contribution in [-0.4, -0.2) is 13.3 Å². The third-order valence-corrected chi connectivity index (χ3v) is 16.9. The quantitative estimate of drug-likeness (QED) is 0.105. The lowest BCUT2D eigenvalue weighted by Gasteiger charge is -2.41. The second-order valence-electron chi connectivity index (χ2n) is 21.7. The average Bonchev–Trinajstić information content (AvgIpc) is 3.47. The summed E-state index contributed by atoms with van der Waals surface area (Å²) in [6.45, 7) is 7.96. The Balaban J connectivity index is 0.970. The first kappa shape index (κ1) is 44.6. The molecule has 0 saturated carbocycles. The van der Waals surface area contributed by atoms with Crippen molar-refractivity contribution >= 4 is 78.6 Å². The highest BCUT2D eigenvalue weighted by molar-refractivity contribution is 8.00. The molecule has 2 heterocycles. The SMILES string of the molecule is CC(C)(C)Cc1cc2c3c(c1)N(CCc1c(-c4ccccc4)cc(-c4ccccc4)cc1-c1ccccc1)c1ccc(-c4ccccc4)cc1B3c1cc(-c3ccc4ccc5cccc6ccc3c4c56)ccc1S2. The van der Waals surface area contributed by atoms with Crippen LogP contribution in [-0.2, 0) is 12.8 Å². The van der Waals surface area contributed by atoms with Crippen LogP contribution in [0.1, 0.15) is 31.9 Å². The third-order valence-electron chi connectivity index (χ3n) is 15.7. The molecule has 0 spiro atoms. The number of nitrogens with zero attached hydrogens (tertiary/aromatic N) is 1. The van der Waals surface area contributed by atoms with Gasteiger partial charge in [-0.15, -0.1) is 0 Å². The van der Waals surface area contributed by atoms with Crippen LogP contribution < -0.4 is 21.3 Å². The molecule has 0 aromatic heterocycles. The minimum absolute atomic E-state index is 0.0412. The Labute approximate surface area is 439 Å². The number of rotatable bonds is 9. The molecule has 14 rings (SSSR count). The highest BCUT2D eigenvalue weighted by Crippen LogP contribution is 2.45. The molecular formula is C71H54BNS. The van der Waals surface area contributed by atoms with Gasteiger partial charge < -0.3 is 4.90 Å². The van der Waals surface area contributed by atoms with Crippen LogP contribution in [0.25, 0.3) is 88.0 Å². The van der Waals surface area contributed by atoms with Crippen LogP contribution >= 0.6 is 11.8 Å². The lowest BCUT2D eigenvalue weighted by atomic mass is 9.34. The maximum atomic E-state index is 2.70. The van der Waals surface area contributed by atoms with Crippen molar-refractivity contribution in [2.75, 3.05) is 11.4 Å². The van der Waals surface area contributed by atoms with Gasteiger partial charge in [0, 0.05) is 27.7 Å². The topological polar surface area (TPSA) is 3.24 Å². The fraction of sp³-hybridized carbons (Fsp3) is 0.0986. The van der Waals surface area contributed by atoms with E-state index in [-0.39, 0.29) is 12.1 Å². The lowest BCUT2D eigenvalue weighted by molar-refractivity contribution is 0.411. The van der Waals surface area contributed by atoms with Crippen LogP contribution in [0.3, 0.4) is 0 Å². The van der Waals surface area contributed by atoms with Crippen molar-refractivity contribution in [2.45, 2.75) is 43.4 Å². The molecule has 2 aliphatic heterocycles. The first-order chi connectivity index (χ1) is 36.3. The number of hydrogen-bond donors (Lipinski definition) is 0. The Bertz CT molecular complexity index is 4030. The molecule has 74 heavy (non-hydrogen) atoms. The molecule has 0 unspecified atom stereocenters. The molecule has 2 aliphatic rings. The van der Waals surface area contributed by atoms with Gasteiger partial charge in [-0.2, -0.15) is 0 Å². The van der Waals surface area contributed by atoms with Crippen LogP contribution in [0.5, 0.6) is 0 Å². The van der Waals surface area contributed by atoms with E-state index in [9.17, 15) is 0 Å². The summed E-state index contributed by atoms with van der Waals surface area (Å²) in [5, 5.41) is 7.91. The first-order valence-corrected chi connectivity index (χ1v) is 27.1.